The predicted molar refractivity (Wildman–Crippen MR) is 99.3 cm³/mol. The highest BCUT2D eigenvalue weighted by atomic mass is 32.1. The summed E-state index contributed by atoms with van der Waals surface area (Å²) in [6.07, 6.45) is 1.54. The van der Waals surface area contributed by atoms with Crippen LogP contribution < -0.4 is 9.80 Å². The minimum absolute atomic E-state index is 0.170. The topological polar surface area (TPSA) is 59.0 Å². The van der Waals surface area contributed by atoms with Crippen LogP contribution in [0.5, 0.6) is 0 Å². The molecule has 0 aliphatic carbocycles. The van der Waals surface area contributed by atoms with E-state index >= 15 is 0 Å². The predicted octanol–water partition coefficient (Wildman–Crippen LogP) is 0.691. The van der Waals surface area contributed by atoms with Crippen LogP contribution in [0.3, 0.4) is 0 Å². The van der Waals surface area contributed by atoms with Gasteiger partial charge in [-0.15, -0.1) is 5.10 Å². The second-order valence-corrected chi connectivity index (χ2v) is 7.26. The fourth-order valence-electron chi connectivity index (χ4n) is 3.64. The van der Waals surface area contributed by atoms with E-state index < -0.39 is 0 Å². The van der Waals surface area contributed by atoms with Crippen LogP contribution in [0, 0.1) is 4.84 Å². The highest BCUT2D eigenvalue weighted by Crippen LogP contribution is 2.14. The van der Waals surface area contributed by atoms with Gasteiger partial charge in [0.1, 0.15) is 0 Å². The van der Waals surface area contributed by atoms with E-state index in [1.54, 1.807) is 9.58 Å². The smallest absolute Gasteiger partial charge is 0.291 e. The lowest BCUT2D eigenvalue weighted by molar-refractivity contribution is -0.924. The van der Waals surface area contributed by atoms with E-state index in [1.807, 2.05) is 6.07 Å². The van der Waals surface area contributed by atoms with E-state index in [2.05, 4.69) is 34.3 Å². The molecule has 26 heavy (non-hydrogen) atoms. The average Bonchev–Trinajstić information content (AvgIpc) is 3.22. The molecular formula is C18H24N5O2S+. The van der Waals surface area contributed by atoms with Crippen molar-refractivity contribution < 1.29 is 14.1 Å². The molecule has 2 aliphatic rings. The summed E-state index contributed by atoms with van der Waals surface area (Å²) in [6, 6.07) is 10.5. The number of para-hydroxylation sites is 1. The van der Waals surface area contributed by atoms with Crippen molar-refractivity contribution in [1.82, 2.24) is 14.7 Å². The number of hydrogen-bond acceptors (Lipinski definition) is 5. The summed E-state index contributed by atoms with van der Waals surface area (Å²) in [5, 5.41) is 4.50. The number of quaternary nitrogens is 1. The largest absolute Gasteiger partial charge is 0.412 e. The van der Waals surface area contributed by atoms with Gasteiger partial charge in [-0.1, -0.05) is 18.2 Å². The van der Waals surface area contributed by atoms with Crippen molar-refractivity contribution >= 4 is 23.8 Å². The van der Waals surface area contributed by atoms with Crippen molar-refractivity contribution in [2.45, 2.75) is 26.1 Å². The molecule has 0 spiro atoms. The summed E-state index contributed by atoms with van der Waals surface area (Å²) >= 11 is 5.32. The summed E-state index contributed by atoms with van der Waals surface area (Å²) < 4.78 is 7.37. The van der Waals surface area contributed by atoms with Crippen LogP contribution in [0.1, 0.15) is 18.7 Å². The first-order chi connectivity index (χ1) is 12.7. The van der Waals surface area contributed by atoms with Crippen molar-refractivity contribution in [1.29, 1.82) is 0 Å². The van der Waals surface area contributed by atoms with Gasteiger partial charge in [0.05, 0.1) is 32.7 Å². The number of nitrogens with one attached hydrogen (secondary N) is 1. The number of piperazine rings is 1. The molecule has 2 saturated heterocycles. The molecule has 1 N–H and O–H groups in total. The van der Waals surface area contributed by atoms with Crippen molar-refractivity contribution in [3.8, 4) is 0 Å². The molecule has 2 aromatic rings. The second-order valence-electron chi connectivity index (χ2n) is 6.91. The van der Waals surface area contributed by atoms with Crippen molar-refractivity contribution in [3.63, 3.8) is 0 Å². The molecule has 0 bridgehead atoms. The minimum Gasteiger partial charge on any atom is -0.412 e. The SMILES string of the molecule is O=C1CCCN1Cc1nn(C[NH+]2CCN(c3ccccc3)CC2)c(=S)o1. The van der Waals surface area contributed by atoms with E-state index in [-0.39, 0.29) is 5.91 Å². The Bertz CT molecular complexity index is 810. The maximum Gasteiger partial charge on any atom is 0.291 e. The number of likely N-dealkylation sites (tertiary alicyclic amines) is 1. The zero-order valence-corrected chi connectivity index (χ0v) is 15.6. The molecular weight excluding hydrogens is 350 g/mol. The summed E-state index contributed by atoms with van der Waals surface area (Å²) in [4.78, 5) is 17.8. The maximum absolute atomic E-state index is 11.7. The molecule has 1 aromatic carbocycles. The third kappa shape index (κ3) is 3.81. The van der Waals surface area contributed by atoms with Crippen LogP contribution in [-0.4, -0.2) is 53.3 Å². The fourth-order valence-corrected chi connectivity index (χ4v) is 3.84. The Balaban J connectivity index is 1.33. The molecule has 2 fully saturated rings. The van der Waals surface area contributed by atoms with Gasteiger partial charge >= 0.3 is 0 Å². The molecule has 8 heteroatoms. The summed E-state index contributed by atoms with van der Waals surface area (Å²) in [5.41, 5.74) is 1.28. The molecule has 0 radical (unpaired) electrons. The van der Waals surface area contributed by atoms with Crippen LogP contribution in [-0.2, 0) is 18.0 Å². The normalized spacial score (nSPS) is 18.7. The number of amides is 1. The summed E-state index contributed by atoms with van der Waals surface area (Å²) in [6.45, 7) is 6.00. The van der Waals surface area contributed by atoms with Gasteiger partial charge in [0.2, 0.25) is 11.8 Å². The first kappa shape index (κ1) is 17.2. The number of rotatable bonds is 5. The molecule has 0 saturated carbocycles. The van der Waals surface area contributed by atoms with E-state index in [9.17, 15) is 4.79 Å². The fraction of sp³-hybridized carbons (Fsp3) is 0.500. The average molecular weight is 374 g/mol. The number of nitrogens with zero attached hydrogens (tertiary/aromatic N) is 4. The zero-order valence-electron chi connectivity index (χ0n) is 14.8. The first-order valence-electron chi connectivity index (χ1n) is 9.17. The van der Waals surface area contributed by atoms with Gasteiger partial charge in [-0.3, -0.25) is 4.79 Å². The zero-order chi connectivity index (χ0) is 17.9. The number of benzene rings is 1. The van der Waals surface area contributed by atoms with Crippen molar-refractivity contribution in [3.05, 3.63) is 41.1 Å². The molecule has 0 atom stereocenters. The molecule has 1 aromatic heterocycles. The molecule has 138 valence electrons. The lowest BCUT2D eigenvalue weighted by Gasteiger charge is -2.33. The van der Waals surface area contributed by atoms with Gasteiger partial charge in [0, 0.05) is 18.7 Å². The Morgan fingerprint density at radius 1 is 1.15 bits per heavy atom. The molecule has 4 rings (SSSR count). The molecule has 7 nitrogen and oxygen atoms in total. The van der Waals surface area contributed by atoms with Gasteiger partial charge < -0.3 is 19.1 Å². The van der Waals surface area contributed by atoms with Crippen LogP contribution in [0.15, 0.2) is 34.7 Å². The second kappa shape index (κ2) is 7.59. The standard InChI is InChI=1S/C18H23N5O2S/c24-17-7-4-8-22(17)13-16-19-23(18(26)25-16)14-20-9-11-21(12-10-20)15-5-2-1-3-6-15/h1-3,5-6H,4,7-14H2/p+1. The van der Waals surface area contributed by atoms with Crippen molar-refractivity contribution in [2.24, 2.45) is 0 Å². The summed E-state index contributed by atoms with van der Waals surface area (Å²) in [7, 11) is 0. The lowest BCUT2D eigenvalue weighted by atomic mass is 10.2. The van der Waals surface area contributed by atoms with Crippen LogP contribution in [0.25, 0.3) is 0 Å². The maximum atomic E-state index is 11.7. The molecule has 2 aliphatic heterocycles. The number of carbonyl (C=O) groups excluding carboxylic acids is 1. The van der Waals surface area contributed by atoms with Gasteiger partial charge in [0.25, 0.3) is 4.84 Å². The minimum atomic E-state index is 0.170. The van der Waals surface area contributed by atoms with Gasteiger partial charge in [-0.2, -0.15) is 4.68 Å². The Morgan fingerprint density at radius 2 is 1.92 bits per heavy atom. The molecule has 3 heterocycles. The van der Waals surface area contributed by atoms with E-state index in [1.165, 1.54) is 10.6 Å². The third-order valence-electron chi connectivity index (χ3n) is 5.11. The van der Waals surface area contributed by atoms with E-state index in [0.29, 0.717) is 30.4 Å². The third-order valence-corrected chi connectivity index (χ3v) is 5.40. The highest BCUT2D eigenvalue weighted by molar-refractivity contribution is 7.71. The Hall–Kier alpha value is -2.19. The van der Waals surface area contributed by atoms with Crippen LogP contribution in [0.2, 0.25) is 0 Å². The number of hydrogen-bond donors (Lipinski definition) is 1. The first-order valence-corrected chi connectivity index (χ1v) is 9.58. The Labute approximate surface area is 157 Å². The van der Waals surface area contributed by atoms with E-state index in [4.69, 9.17) is 16.6 Å². The number of carbonyl (C=O) groups is 1. The Kier molecular flexibility index (Phi) is 5.03. The lowest BCUT2D eigenvalue weighted by Crippen LogP contribution is -3.14. The number of aromatic nitrogens is 2. The van der Waals surface area contributed by atoms with Gasteiger partial charge in [-0.05, 0) is 30.8 Å². The van der Waals surface area contributed by atoms with E-state index in [0.717, 1.165) is 39.1 Å². The van der Waals surface area contributed by atoms with Gasteiger partial charge in [0.15, 0.2) is 6.67 Å². The monoisotopic (exact) mass is 374 g/mol. The van der Waals surface area contributed by atoms with Crippen LogP contribution >= 0.6 is 12.2 Å². The van der Waals surface area contributed by atoms with Crippen LogP contribution in [0.4, 0.5) is 5.69 Å². The quantitative estimate of drug-likeness (QED) is 0.781. The summed E-state index contributed by atoms with van der Waals surface area (Å²) in [5.74, 6) is 0.705. The molecule has 0 unspecified atom stereocenters. The van der Waals surface area contributed by atoms with Crippen molar-refractivity contribution in [2.75, 3.05) is 37.6 Å². The Morgan fingerprint density at radius 3 is 2.62 bits per heavy atom. The number of anilines is 1. The highest BCUT2D eigenvalue weighted by Gasteiger charge is 2.24. The molecule has 1 amide bonds. The van der Waals surface area contributed by atoms with Gasteiger partial charge in [-0.25, -0.2) is 0 Å².